The van der Waals surface area contributed by atoms with E-state index in [1.807, 2.05) is 6.07 Å². The van der Waals surface area contributed by atoms with Crippen molar-refractivity contribution in [3.8, 4) is 0 Å². The average Bonchev–Trinajstić information content (AvgIpc) is 3.26. The zero-order valence-corrected chi connectivity index (χ0v) is 13.2. The fraction of sp³-hybridized carbons (Fsp3) is 0.467. The summed E-state index contributed by atoms with van der Waals surface area (Å²) >= 11 is 12.1. The summed E-state index contributed by atoms with van der Waals surface area (Å²) in [5.41, 5.74) is 0.893. The maximum atomic E-state index is 12.6. The van der Waals surface area contributed by atoms with Gasteiger partial charge in [0, 0.05) is 22.5 Å². The van der Waals surface area contributed by atoms with Crippen molar-refractivity contribution in [1.82, 2.24) is 4.90 Å². The number of nitrogens with zero attached hydrogens (tertiary/aromatic N) is 1. The second-order valence-corrected chi connectivity index (χ2v) is 6.42. The van der Waals surface area contributed by atoms with Crippen LogP contribution in [0.25, 0.3) is 0 Å². The molecule has 3 atom stereocenters. The average molecular weight is 344 g/mol. The van der Waals surface area contributed by atoms with Crippen LogP contribution in [-0.4, -0.2) is 47.7 Å². The summed E-state index contributed by atoms with van der Waals surface area (Å²) in [6.07, 6.45) is 0.684. The number of aliphatic carboxylic acids is 1. The number of halogens is 2. The second-order valence-electron chi connectivity index (χ2n) is 5.58. The van der Waals surface area contributed by atoms with Crippen LogP contribution in [-0.2, 0) is 14.3 Å². The van der Waals surface area contributed by atoms with Gasteiger partial charge in [-0.15, -0.1) is 0 Å². The van der Waals surface area contributed by atoms with Gasteiger partial charge in [0.2, 0.25) is 5.91 Å². The van der Waals surface area contributed by atoms with Crippen LogP contribution in [0.1, 0.15) is 17.9 Å². The summed E-state index contributed by atoms with van der Waals surface area (Å²) in [6, 6.07) is 4.34. The lowest BCUT2D eigenvalue weighted by atomic mass is 10.1. The van der Waals surface area contributed by atoms with Gasteiger partial charge in [0.05, 0.1) is 13.2 Å². The van der Waals surface area contributed by atoms with Gasteiger partial charge in [-0.2, -0.15) is 0 Å². The number of benzene rings is 1. The minimum Gasteiger partial charge on any atom is -0.480 e. The summed E-state index contributed by atoms with van der Waals surface area (Å²) in [4.78, 5) is 25.2. The molecule has 1 saturated heterocycles. The van der Waals surface area contributed by atoms with E-state index >= 15 is 0 Å². The zero-order valence-electron chi connectivity index (χ0n) is 11.7. The standard InChI is InChI=1S/C15H15Cl2NO4/c16-8-1-2-9(12(17)5-8)10-6-11(10)14(19)18-3-4-22-7-13(18)15(20)21/h1-2,5,10-11,13H,3-4,6-7H2,(H,20,21)/t10-,11-,13+/m1/s1. The Morgan fingerprint density at radius 2 is 2.09 bits per heavy atom. The maximum absolute atomic E-state index is 12.6. The Morgan fingerprint density at radius 3 is 2.77 bits per heavy atom. The van der Waals surface area contributed by atoms with Crippen molar-refractivity contribution in [1.29, 1.82) is 0 Å². The molecule has 0 aromatic heterocycles. The van der Waals surface area contributed by atoms with Gasteiger partial charge in [-0.05, 0) is 30.0 Å². The monoisotopic (exact) mass is 343 g/mol. The summed E-state index contributed by atoms with van der Waals surface area (Å²) in [6.45, 7) is 0.724. The van der Waals surface area contributed by atoms with Crippen molar-refractivity contribution in [2.24, 2.45) is 5.92 Å². The summed E-state index contributed by atoms with van der Waals surface area (Å²) in [5, 5.41) is 10.3. The van der Waals surface area contributed by atoms with Gasteiger partial charge < -0.3 is 14.7 Å². The van der Waals surface area contributed by atoms with Crippen molar-refractivity contribution in [2.45, 2.75) is 18.4 Å². The molecule has 0 bridgehead atoms. The summed E-state index contributed by atoms with van der Waals surface area (Å²) in [5.74, 6) is -1.34. The molecule has 5 nitrogen and oxygen atoms in total. The number of carboxylic acids is 1. The zero-order chi connectivity index (χ0) is 15.9. The van der Waals surface area contributed by atoms with Crippen molar-refractivity contribution >= 4 is 35.1 Å². The quantitative estimate of drug-likeness (QED) is 0.915. The van der Waals surface area contributed by atoms with Gasteiger partial charge in [0.25, 0.3) is 0 Å². The number of carboxylic acid groups (broad SMARTS) is 1. The Balaban J connectivity index is 1.73. The van der Waals surface area contributed by atoms with Crippen LogP contribution >= 0.6 is 23.2 Å². The largest absolute Gasteiger partial charge is 0.480 e. The molecule has 0 unspecified atom stereocenters. The first-order valence-corrected chi connectivity index (χ1v) is 7.80. The number of carbonyl (C=O) groups excluding carboxylic acids is 1. The van der Waals surface area contributed by atoms with Crippen LogP contribution in [0.4, 0.5) is 0 Å². The number of ether oxygens (including phenoxy) is 1. The fourth-order valence-corrected chi connectivity index (χ4v) is 3.45. The van der Waals surface area contributed by atoms with Gasteiger partial charge in [-0.25, -0.2) is 4.79 Å². The molecule has 0 radical (unpaired) electrons. The molecule has 0 spiro atoms. The Bertz CT molecular complexity index is 622. The summed E-state index contributed by atoms with van der Waals surface area (Å²) < 4.78 is 5.16. The lowest BCUT2D eigenvalue weighted by Crippen LogP contribution is -2.53. The molecule has 1 amide bonds. The predicted molar refractivity (Wildman–Crippen MR) is 81.3 cm³/mol. The normalized spacial score (nSPS) is 27.5. The molecular formula is C15H15Cl2NO4. The molecule has 3 rings (SSSR count). The number of rotatable bonds is 3. The first-order valence-electron chi connectivity index (χ1n) is 7.05. The highest BCUT2D eigenvalue weighted by Gasteiger charge is 2.48. The molecule has 2 aliphatic rings. The van der Waals surface area contributed by atoms with Crippen LogP contribution in [0.15, 0.2) is 18.2 Å². The SMILES string of the molecule is O=C(O)[C@@H]1COCCN1C(=O)[C@@H]1C[C@@H]1c1ccc(Cl)cc1Cl. The number of hydrogen-bond acceptors (Lipinski definition) is 3. The fourth-order valence-electron chi connectivity index (χ4n) is 2.90. The second kappa shape index (κ2) is 6.07. The van der Waals surface area contributed by atoms with Crippen LogP contribution in [0.5, 0.6) is 0 Å². The highest BCUT2D eigenvalue weighted by atomic mass is 35.5. The predicted octanol–water partition coefficient (Wildman–Crippen LogP) is 2.41. The molecule has 1 aliphatic heterocycles. The Kier molecular flexibility index (Phi) is 4.30. The van der Waals surface area contributed by atoms with Gasteiger partial charge in [0.1, 0.15) is 0 Å². The van der Waals surface area contributed by atoms with Crippen molar-refractivity contribution in [2.75, 3.05) is 19.8 Å². The van der Waals surface area contributed by atoms with E-state index in [1.54, 1.807) is 12.1 Å². The lowest BCUT2D eigenvalue weighted by Gasteiger charge is -2.33. The van der Waals surface area contributed by atoms with E-state index in [0.29, 0.717) is 29.6 Å². The van der Waals surface area contributed by atoms with E-state index in [0.717, 1.165) is 5.56 Å². The number of morpholine rings is 1. The highest BCUT2D eigenvalue weighted by molar-refractivity contribution is 6.35. The first-order chi connectivity index (χ1) is 10.5. The number of hydrogen-bond donors (Lipinski definition) is 1. The van der Waals surface area contributed by atoms with E-state index in [2.05, 4.69) is 0 Å². The van der Waals surface area contributed by atoms with Gasteiger partial charge in [-0.3, -0.25) is 4.79 Å². The van der Waals surface area contributed by atoms with Gasteiger partial charge >= 0.3 is 5.97 Å². The van der Waals surface area contributed by atoms with Crippen LogP contribution in [0, 0.1) is 5.92 Å². The van der Waals surface area contributed by atoms with Crippen LogP contribution < -0.4 is 0 Å². The molecule has 1 aliphatic carbocycles. The molecule has 1 heterocycles. The molecule has 1 saturated carbocycles. The van der Waals surface area contributed by atoms with Crippen LogP contribution in [0.2, 0.25) is 10.0 Å². The van der Waals surface area contributed by atoms with E-state index in [-0.39, 0.29) is 24.3 Å². The molecule has 1 aromatic carbocycles. The molecular weight excluding hydrogens is 329 g/mol. The minimum absolute atomic E-state index is 0.0366. The summed E-state index contributed by atoms with van der Waals surface area (Å²) in [7, 11) is 0. The van der Waals surface area contributed by atoms with Gasteiger partial charge in [0.15, 0.2) is 6.04 Å². The lowest BCUT2D eigenvalue weighted by molar-refractivity contribution is -0.158. The van der Waals surface area contributed by atoms with E-state index < -0.39 is 12.0 Å². The van der Waals surface area contributed by atoms with Crippen molar-refractivity contribution in [3.05, 3.63) is 33.8 Å². The molecule has 7 heteroatoms. The minimum atomic E-state index is -1.03. The number of amides is 1. The van der Waals surface area contributed by atoms with Crippen molar-refractivity contribution in [3.63, 3.8) is 0 Å². The third-order valence-electron chi connectivity index (χ3n) is 4.17. The van der Waals surface area contributed by atoms with Crippen LogP contribution in [0.3, 0.4) is 0 Å². The maximum Gasteiger partial charge on any atom is 0.328 e. The molecule has 2 fully saturated rings. The third-order valence-corrected chi connectivity index (χ3v) is 4.73. The van der Waals surface area contributed by atoms with Gasteiger partial charge in [-0.1, -0.05) is 29.3 Å². The smallest absolute Gasteiger partial charge is 0.328 e. The number of carbonyl (C=O) groups is 2. The molecule has 22 heavy (non-hydrogen) atoms. The Hall–Kier alpha value is -1.30. The third kappa shape index (κ3) is 2.93. The van der Waals surface area contributed by atoms with E-state index in [4.69, 9.17) is 27.9 Å². The highest BCUT2D eigenvalue weighted by Crippen LogP contribution is 2.51. The van der Waals surface area contributed by atoms with E-state index in [9.17, 15) is 14.7 Å². The molecule has 118 valence electrons. The molecule has 1 N–H and O–H groups in total. The Labute approximate surface area is 137 Å². The first kappa shape index (κ1) is 15.6. The topological polar surface area (TPSA) is 66.8 Å². The van der Waals surface area contributed by atoms with E-state index in [1.165, 1.54) is 4.90 Å². The molecule has 1 aromatic rings. The Morgan fingerprint density at radius 1 is 1.32 bits per heavy atom. The van der Waals surface area contributed by atoms with Crippen molar-refractivity contribution < 1.29 is 19.4 Å².